The predicted molar refractivity (Wildman–Crippen MR) is 70.7 cm³/mol. The van der Waals surface area contributed by atoms with Crippen LogP contribution < -0.4 is 11.1 Å². The fourth-order valence-corrected chi connectivity index (χ4v) is 1.56. The summed E-state index contributed by atoms with van der Waals surface area (Å²) in [5, 5.41) is 3.30. The molecule has 0 radical (unpaired) electrons. The van der Waals surface area contributed by atoms with Gasteiger partial charge < -0.3 is 11.1 Å². The number of carbonyl (C=O) groups is 1. The molecular formula is C11H14BrClN2O. The van der Waals surface area contributed by atoms with Gasteiger partial charge in [0.15, 0.2) is 0 Å². The molecular weight excluding hydrogens is 291 g/mol. The van der Waals surface area contributed by atoms with Crippen LogP contribution in [-0.2, 0) is 4.79 Å². The fourth-order valence-electron chi connectivity index (χ4n) is 1.03. The van der Waals surface area contributed by atoms with Crippen molar-refractivity contribution in [3.05, 3.63) is 27.7 Å². The minimum atomic E-state index is -0.873. The summed E-state index contributed by atoms with van der Waals surface area (Å²) >= 11 is 9.23. The lowest BCUT2D eigenvalue weighted by atomic mass is 9.99. The van der Waals surface area contributed by atoms with Gasteiger partial charge in [-0.05, 0) is 41.4 Å². The van der Waals surface area contributed by atoms with Crippen LogP contribution in [-0.4, -0.2) is 11.4 Å². The molecule has 0 spiro atoms. The summed E-state index contributed by atoms with van der Waals surface area (Å²) in [4.78, 5) is 11.8. The van der Waals surface area contributed by atoms with Crippen LogP contribution in [0.15, 0.2) is 22.7 Å². The van der Waals surface area contributed by atoms with Crippen molar-refractivity contribution in [2.45, 2.75) is 25.8 Å². The second-order valence-electron chi connectivity index (χ2n) is 3.83. The van der Waals surface area contributed by atoms with Crippen LogP contribution in [0.5, 0.6) is 0 Å². The van der Waals surface area contributed by atoms with Crippen LogP contribution in [0.4, 0.5) is 5.69 Å². The van der Waals surface area contributed by atoms with Crippen LogP contribution in [0.25, 0.3) is 0 Å². The van der Waals surface area contributed by atoms with Crippen LogP contribution in [0, 0.1) is 0 Å². The number of anilines is 1. The first-order valence-electron chi connectivity index (χ1n) is 4.93. The van der Waals surface area contributed by atoms with E-state index in [1.165, 1.54) is 0 Å². The highest BCUT2D eigenvalue weighted by Crippen LogP contribution is 2.30. The lowest BCUT2D eigenvalue weighted by Crippen LogP contribution is -2.47. The Morgan fingerprint density at radius 2 is 2.25 bits per heavy atom. The van der Waals surface area contributed by atoms with Crippen LogP contribution in [0.3, 0.4) is 0 Å². The standard InChI is InChI=1S/C11H14BrClN2O/c1-3-11(2,14)10(16)15-8-6-4-5-7(13)9(8)12/h4-6H,3,14H2,1-2H3,(H,15,16). The number of hydrogen-bond donors (Lipinski definition) is 2. The highest BCUT2D eigenvalue weighted by Gasteiger charge is 2.26. The minimum absolute atomic E-state index is 0.224. The number of halogens is 2. The minimum Gasteiger partial charge on any atom is -0.323 e. The fraction of sp³-hybridized carbons (Fsp3) is 0.364. The molecule has 0 saturated carbocycles. The van der Waals surface area contributed by atoms with E-state index in [0.717, 1.165) is 0 Å². The van der Waals surface area contributed by atoms with Gasteiger partial charge in [-0.3, -0.25) is 4.79 Å². The zero-order chi connectivity index (χ0) is 12.3. The SMILES string of the molecule is CCC(C)(N)C(=O)Nc1cccc(Cl)c1Br. The van der Waals surface area contributed by atoms with Crippen molar-refractivity contribution in [1.29, 1.82) is 0 Å². The lowest BCUT2D eigenvalue weighted by Gasteiger charge is -2.22. The monoisotopic (exact) mass is 304 g/mol. The van der Waals surface area contributed by atoms with Gasteiger partial charge >= 0.3 is 0 Å². The van der Waals surface area contributed by atoms with Crippen molar-refractivity contribution in [2.24, 2.45) is 5.73 Å². The second kappa shape index (κ2) is 5.17. The molecule has 1 rings (SSSR count). The number of carbonyl (C=O) groups excluding carboxylic acids is 1. The lowest BCUT2D eigenvalue weighted by molar-refractivity contribution is -0.120. The predicted octanol–water partition coefficient (Wildman–Crippen LogP) is 3.17. The number of rotatable bonds is 3. The Hall–Kier alpha value is -0.580. The van der Waals surface area contributed by atoms with Gasteiger partial charge in [-0.1, -0.05) is 24.6 Å². The van der Waals surface area contributed by atoms with E-state index in [2.05, 4.69) is 21.2 Å². The van der Waals surface area contributed by atoms with E-state index in [1.807, 2.05) is 6.92 Å². The van der Waals surface area contributed by atoms with E-state index >= 15 is 0 Å². The molecule has 0 aromatic heterocycles. The highest BCUT2D eigenvalue weighted by molar-refractivity contribution is 9.10. The average molecular weight is 306 g/mol. The summed E-state index contributed by atoms with van der Waals surface area (Å²) in [6.45, 7) is 3.56. The van der Waals surface area contributed by atoms with Crippen molar-refractivity contribution in [1.82, 2.24) is 0 Å². The first kappa shape index (κ1) is 13.5. The smallest absolute Gasteiger partial charge is 0.244 e. The third kappa shape index (κ3) is 2.97. The van der Waals surface area contributed by atoms with Crippen molar-refractivity contribution >= 4 is 39.1 Å². The van der Waals surface area contributed by atoms with Gasteiger partial charge in [0, 0.05) is 0 Å². The number of benzene rings is 1. The highest BCUT2D eigenvalue weighted by atomic mass is 79.9. The maximum absolute atomic E-state index is 11.8. The molecule has 16 heavy (non-hydrogen) atoms. The molecule has 0 aliphatic heterocycles. The van der Waals surface area contributed by atoms with E-state index < -0.39 is 5.54 Å². The molecule has 1 unspecified atom stereocenters. The van der Waals surface area contributed by atoms with Crippen molar-refractivity contribution in [2.75, 3.05) is 5.32 Å². The van der Waals surface area contributed by atoms with Gasteiger partial charge in [0.05, 0.1) is 20.7 Å². The molecule has 5 heteroatoms. The van der Waals surface area contributed by atoms with Crippen molar-refractivity contribution < 1.29 is 4.79 Å². The molecule has 0 saturated heterocycles. The maximum Gasteiger partial charge on any atom is 0.244 e. The summed E-state index contributed by atoms with van der Waals surface area (Å²) < 4.78 is 0.664. The Balaban J connectivity index is 2.90. The van der Waals surface area contributed by atoms with Gasteiger partial charge in [-0.25, -0.2) is 0 Å². The maximum atomic E-state index is 11.8. The molecule has 3 nitrogen and oxygen atoms in total. The van der Waals surface area contributed by atoms with Crippen LogP contribution in [0.1, 0.15) is 20.3 Å². The molecule has 0 bridgehead atoms. The Morgan fingerprint density at radius 3 is 2.81 bits per heavy atom. The summed E-state index contributed by atoms with van der Waals surface area (Å²) in [6, 6.07) is 5.27. The Kier molecular flexibility index (Phi) is 4.35. The van der Waals surface area contributed by atoms with E-state index in [1.54, 1.807) is 25.1 Å². The van der Waals surface area contributed by atoms with Gasteiger partial charge in [0.2, 0.25) is 5.91 Å². The summed E-state index contributed by atoms with van der Waals surface area (Å²) in [6.07, 6.45) is 0.566. The van der Waals surface area contributed by atoms with Gasteiger partial charge in [0.25, 0.3) is 0 Å². The molecule has 1 aromatic carbocycles. The molecule has 0 heterocycles. The van der Waals surface area contributed by atoms with E-state index in [-0.39, 0.29) is 5.91 Å². The Bertz CT molecular complexity index is 407. The van der Waals surface area contributed by atoms with Crippen LogP contribution in [0.2, 0.25) is 5.02 Å². The summed E-state index contributed by atoms with van der Waals surface area (Å²) in [5.41, 5.74) is 5.59. The zero-order valence-electron chi connectivity index (χ0n) is 9.18. The topological polar surface area (TPSA) is 55.1 Å². The summed E-state index contributed by atoms with van der Waals surface area (Å²) in [5.74, 6) is -0.224. The van der Waals surface area contributed by atoms with E-state index in [0.29, 0.717) is 21.6 Å². The van der Waals surface area contributed by atoms with Crippen LogP contribution >= 0.6 is 27.5 Å². The van der Waals surface area contributed by atoms with E-state index in [4.69, 9.17) is 17.3 Å². The molecule has 88 valence electrons. The van der Waals surface area contributed by atoms with Gasteiger partial charge in [-0.2, -0.15) is 0 Å². The molecule has 3 N–H and O–H groups in total. The van der Waals surface area contributed by atoms with Gasteiger partial charge in [0.1, 0.15) is 0 Å². The molecule has 0 fully saturated rings. The largest absolute Gasteiger partial charge is 0.323 e. The molecule has 1 aromatic rings. The number of nitrogens with one attached hydrogen (secondary N) is 1. The molecule has 0 aliphatic rings. The second-order valence-corrected chi connectivity index (χ2v) is 5.03. The molecule has 1 atom stereocenters. The third-order valence-electron chi connectivity index (χ3n) is 2.45. The van der Waals surface area contributed by atoms with Crippen molar-refractivity contribution in [3.8, 4) is 0 Å². The van der Waals surface area contributed by atoms with Crippen molar-refractivity contribution in [3.63, 3.8) is 0 Å². The third-order valence-corrected chi connectivity index (χ3v) is 3.85. The Labute approximate surface area is 108 Å². The number of amides is 1. The Morgan fingerprint density at radius 1 is 1.62 bits per heavy atom. The normalized spacial score (nSPS) is 14.3. The molecule has 1 amide bonds. The molecule has 0 aliphatic carbocycles. The first-order chi connectivity index (χ1) is 7.38. The zero-order valence-corrected chi connectivity index (χ0v) is 11.5. The number of nitrogens with two attached hydrogens (primary N) is 1. The first-order valence-corrected chi connectivity index (χ1v) is 6.10. The summed E-state index contributed by atoms with van der Waals surface area (Å²) in [7, 11) is 0. The number of hydrogen-bond acceptors (Lipinski definition) is 2. The average Bonchev–Trinajstić information content (AvgIpc) is 2.24. The van der Waals surface area contributed by atoms with Gasteiger partial charge in [-0.15, -0.1) is 0 Å². The van der Waals surface area contributed by atoms with E-state index in [9.17, 15) is 4.79 Å². The quantitative estimate of drug-likeness (QED) is 0.901.